The number of rotatable bonds is 5. The molecule has 2 unspecified atom stereocenters. The van der Waals surface area contributed by atoms with E-state index in [1.165, 1.54) is 22.3 Å². The summed E-state index contributed by atoms with van der Waals surface area (Å²) in [6.45, 7) is 9.84. The highest BCUT2D eigenvalue weighted by Gasteiger charge is 2.21. The Morgan fingerprint density at radius 1 is 1.00 bits per heavy atom. The first-order chi connectivity index (χ1) is 9.63. The summed E-state index contributed by atoms with van der Waals surface area (Å²) in [7, 11) is 0. The minimum absolute atomic E-state index is 0.363. The molecule has 0 aliphatic rings. The van der Waals surface area contributed by atoms with Crippen LogP contribution in [-0.2, 0) is 0 Å². The van der Waals surface area contributed by atoms with Gasteiger partial charge in [0.1, 0.15) is 0 Å². The van der Waals surface area contributed by atoms with Gasteiger partial charge < -0.3 is 5.32 Å². The first-order valence-corrected chi connectivity index (χ1v) is 7.49. The maximum absolute atomic E-state index is 3.67. The van der Waals surface area contributed by atoms with Crippen LogP contribution in [0.5, 0.6) is 0 Å². The van der Waals surface area contributed by atoms with Gasteiger partial charge in [0.05, 0.1) is 0 Å². The molecule has 0 aliphatic carbocycles. The predicted molar refractivity (Wildman–Crippen MR) is 87.2 cm³/mol. The van der Waals surface area contributed by atoms with Crippen molar-refractivity contribution < 1.29 is 0 Å². The fourth-order valence-electron chi connectivity index (χ4n) is 2.82. The van der Waals surface area contributed by atoms with Gasteiger partial charge in [-0.05, 0) is 37.1 Å². The summed E-state index contributed by atoms with van der Waals surface area (Å²) >= 11 is 0. The summed E-state index contributed by atoms with van der Waals surface area (Å²) in [4.78, 5) is 0. The van der Waals surface area contributed by atoms with Crippen molar-refractivity contribution >= 4 is 0 Å². The number of benzene rings is 2. The van der Waals surface area contributed by atoms with Gasteiger partial charge in [-0.15, -0.1) is 0 Å². The van der Waals surface area contributed by atoms with Crippen LogP contribution in [0.25, 0.3) is 0 Å². The number of nitrogens with one attached hydrogen (secondary N) is 1. The Kier molecular flexibility index (Phi) is 4.97. The van der Waals surface area contributed by atoms with E-state index in [2.05, 4.69) is 81.5 Å². The quantitative estimate of drug-likeness (QED) is 0.823. The Balaban J connectivity index is 2.38. The molecule has 20 heavy (non-hydrogen) atoms. The van der Waals surface area contributed by atoms with Crippen LogP contribution < -0.4 is 5.32 Å². The van der Waals surface area contributed by atoms with Crippen molar-refractivity contribution in [1.29, 1.82) is 0 Å². The van der Waals surface area contributed by atoms with Crippen LogP contribution in [0.3, 0.4) is 0 Å². The van der Waals surface area contributed by atoms with E-state index in [0.29, 0.717) is 12.0 Å². The van der Waals surface area contributed by atoms with Gasteiger partial charge >= 0.3 is 0 Å². The van der Waals surface area contributed by atoms with E-state index in [4.69, 9.17) is 0 Å². The molecule has 2 rings (SSSR count). The molecule has 0 aliphatic heterocycles. The molecule has 1 heteroatoms. The molecule has 0 amide bonds. The maximum atomic E-state index is 3.67. The summed E-state index contributed by atoms with van der Waals surface area (Å²) in [5.74, 6) is 0.455. The monoisotopic (exact) mass is 267 g/mol. The van der Waals surface area contributed by atoms with Crippen LogP contribution in [0, 0.1) is 13.8 Å². The number of aryl methyl sites for hydroxylation is 2. The van der Waals surface area contributed by atoms with E-state index in [0.717, 1.165) is 6.54 Å². The molecule has 2 atom stereocenters. The van der Waals surface area contributed by atoms with Gasteiger partial charge in [0, 0.05) is 12.0 Å². The second kappa shape index (κ2) is 6.71. The number of hydrogen-bond donors (Lipinski definition) is 1. The van der Waals surface area contributed by atoms with Crippen LogP contribution in [-0.4, -0.2) is 6.54 Å². The normalized spacial score (nSPS) is 14.0. The lowest BCUT2D eigenvalue weighted by Gasteiger charge is -2.27. The third-order valence-corrected chi connectivity index (χ3v) is 4.02. The zero-order valence-electron chi connectivity index (χ0n) is 13.0. The third-order valence-electron chi connectivity index (χ3n) is 4.02. The van der Waals surface area contributed by atoms with Crippen LogP contribution >= 0.6 is 0 Å². The lowest BCUT2D eigenvalue weighted by atomic mass is 9.86. The summed E-state index contributed by atoms with van der Waals surface area (Å²) in [6.07, 6.45) is 0. The van der Waals surface area contributed by atoms with Gasteiger partial charge in [-0.25, -0.2) is 0 Å². The molecule has 0 aromatic heterocycles. The lowest BCUT2D eigenvalue weighted by molar-refractivity contribution is 0.477. The van der Waals surface area contributed by atoms with Crippen LogP contribution in [0.2, 0.25) is 0 Å². The molecular weight excluding hydrogens is 242 g/mol. The second-order valence-corrected chi connectivity index (χ2v) is 5.59. The highest BCUT2D eigenvalue weighted by atomic mass is 14.9. The molecule has 0 heterocycles. The average Bonchev–Trinajstić information content (AvgIpc) is 2.48. The Morgan fingerprint density at radius 2 is 1.70 bits per heavy atom. The molecule has 2 aromatic carbocycles. The highest BCUT2D eigenvalue weighted by molar-refractivity contribution is 5.36. The first-order valence-electron chi connectivity index (χ1n) is 7.49. The van der Waals surface area contributed by atoms with Gasteiger partial charge in [0.2, 0.25) is 0 Å². The van der Waals surface area contributed by atoms with Crippen molar-refractivity contribution in [2.45, 2.75) is 39.7 Å². The van der Waals surface area contributed by atoms with Gasteiger partial charge in [-0.2, -0.15) is 0 Å². The van der Waals surface area contributed by atoms with Crippen molar-refractivity contribution in [3.63, 3.8) is 0 Å². The van der Waals surface area contributed by atoms with Gasteiger partial charge in [0.25, 0.3) is 0 Å². The average molecular weight is 267 g/mol. The SMILES string of the molecule is CCNC(c1cc(C)ccc1C)C(C)c1ccccc1. The largest absolute Gasteiger partial charge is 0.310 e. The van der Waals surface area contributed by atoms with Gasteiger partial charge in [-0.3, -0.25) is 0 Å². The van der Waals surface area contributed by atoms with Crippen molar-refractivity contribution in [2.24, 2.45) is 0 Å². The zero-order chi connectivity index (χ0) is 14.5. The summed E-state index contributed by atoms with van der Waals surface area (Å²) in [5, 5.41) is 3.67. The maximum Gasteiger partial charge on any atom is 0.0389 e. The van der Waals surface area contributed by atoms with E-state index in [-0.39, 0.29) is 0 Å². The molecule has 1 N–H and O–H groups in total. The molecule has 0 radical (unpaired) electrons. The fraction of sp³-hybridized carbons (Fsp3) is 0.368. The Hall–Kier alpha value is -1.60. The predicted octanol–water partition coefficient (Wildman–Crippen LogP) is 4.76. The van der Waals surface area contributed by atoms with E-state index < -0.39 is 0 Å². The molecule has 0 spiro atoms. The van der Waals surface area contributed by atoms with Crippen molar-refractivity contribution in [3.8, 4) is 0 Å². The Morgan fingerprint density at radius 3 is 2.35 bits per heavy atom. The summed E-state index contributed by atoms with van der Waals surface area (Å²) < 4.78 is 0. The Bertz CT molecular complexity index is 545. The molecule has 0 saturated heterocycles. The summed E-state index contributed by atoms with van der Waals surface area (Å²) in [5.41, 5.74) is 5.50. The molecular formula is C19H25N. The van der Waals surface area contributed by atoms with Crippen molar-refractivity contribution in [3.05, 3.63) is 70.8 Å². The summed E-state index contributed by atoms with van der Waals surface area (Å²) in [6, 6.07) is 17.9. The molecule has 2 aromatic rings. The van der Waals surface area contributed by atoms with E-state index in [9.17, 15) is 0 Å². The number of hydrogen-bond acceptors (Lipinski definition) is 1. The van der Waals surface area contributed by atoms with Crippen molar-refractivity contribution in [2.75, 3.05) is 6.54 Å². The van der Waals surface area contributed by atoms with Crippen LogP contribution in [0.1, 0.15) is 48.1 Å². The minimum atomic E-state index is 0.363. The fourth-order valence-corrected chi connectivity index (χ4v) is 2.82. The highest BCUT2D eigenvalue weighted by Crippen LogP contribution is 2.32. The third kappa shape index (κ3) is 3.29. The topological polar surface area (TPSA) is 12.0 Å². The molecule has 106 valence electrons. The molecule has 0 saturated carbocycles. The van der Waals surface area contributed by atoms with Crippen LogP contribution in [0.4, 0.5) is 0 Å². The smallest absolute Gasteiger partial charge is 0.0389 e. The second-order valence-electron chi connectivity index (χ2n) is 5.59. The van der Waals surface area contributed by atoms with Gasteiger partial charge in [-0.1, -0.05) is 67.9 Å². The standard InChI is InChI=1S/C19H25N/c1-5-20-19(16(4)17-9-7-6-8-10-17)18-13-14(2)11-12-15(18)3/h6-13,16,19-20H,5H2,1-4H3. The Labute approximate surface area is 123 Å². The molecule has 0 bridgehead atoms. The zero-order valence-corrected chi connectivity index (χ0v) is 13.0. The van der Waals surface area contributed by atoms with E-state index >= 15 is 0 Å². The number of likely N-dealkylation sites (N-methyl/N-ethyl adjacent to an activating group) is 1. The van der Waals surface area contributed by atoms with Crippen LogP contribution in [0.15, 0.2) is 48.5 Å². The molecule has 0 fully saturated rings. The van der Waals surface area contributed by atoms with E-state index in [1.807, 2.05) is 0 Å². The van der Waals surface area contributed by atoms with Crippen molar-refractivity contribution in [1.82, 2.24) is 5.32 Å². The van der Waals surface area contributed by atoms with E-state index in [1.54, 1.807) is 0 Å². The molecule has 1 nitrogen and oxygen atoms in total. The first kappa shape index (κ1) is 14.8. The lowest BCUT2D eigenvalue weighted by Crippen LogP contribution is -2.26. The minimum Gasteiger partial charge on any atom is -0.310 e. The van der Waals surface area contributed by atoms with Gasteiger partial charge in [0.15, 0.2) is 0 Å².